The number of nitrogens with one attached hydrogen (secondary N) is 1. The molecule has 3 aromatic rings. The molecule has 0 aliphatic carbocycles. The lowest BCUT2D eigenvalue weighted by Crippen LogP contribution is -2.47. The standard InChI is InChI=1S/C25H34BrClN8O.ClH/c1-3-32-6-8-33(9-7-32)5-4-14-36-21-16-19(27)15-20(18(21)2)34-10-12-35(13-11-34)25-22-23(26)30-31-24(22)28-17-29-25;/h15-17H,3-14H2,1-2H3,(H,28,29,30,31);1H. The van der Waals surface area contributed by atoms with Gasteiger partial charge in [0.05, 0.1) is 12.0 Å². The van der Waals surface area contributed by atoms with Crippen molar-refractivity contribution in [2.45, 2.75) is 20.3 Å². The van der Waals surface area contributed by atoms with Crippen LogP contribution in [0.1, 0.15) is 18.9 Å². The first-order valence-corrected chi connectivity index (χ1v) is 13.9. The molecule has 0 unspecified atom stereocenters. The number of ether oxygens (including phenoxy) is 1. The third kappa shape index (κ3) is 6.42. The summed E-state index contributed by atoms with van der Waals surface area (Å²) in [6, 6.07) is 4.01. The number of nitrogens with zero attached hydrogens (tertiary/aromatic N) is 7. The number of likely N-dealkylation sites (N-methyl/N-ethyl adjacent to an activating group) is 1. The second-order valence-electron chi connectivity index (χ2n) is 9.44. The minimum atomic E-state index is 0. The molecule has 5 rings (SSSR count). The summed E-state index contributed by atoms with van der Waals surface area (Å²) in [6.45, 7) is 15.4. The maximum atomic E-state index is 6.54. The van der Waals surface area contributed by atoms with Crippen LogP contribution in [0.25, 0.3) is 11.0 Å². The van der Waals surface area contributed by atoms with Crippen LogP contribution in [0.2, 0.25) is 5.02 Å². The van der Waals surface area contributed by atoms with Crippen molar-refractivity contribution in [1.29, 1.82) is 0 Å². The molecule has 2 fully saturated rings. The predicted molar refractivity (Wildman–Crippen MR) is 156 cm³/mol. The molecule has 0 atom stereocenters. The highest BCUT2D eigenvalue weighted by molar-refractivity contribution is 9.10. The van der Waals surface area contributed by atoms with Crippen LogP contribution in [-0.2, 0) is 0 Å². The van der Waals surface area contributed by atoms with Crippen LogP contribution in [-0.4, -0.2) is 102 Å². The van der Waals surface area contributed by atoms with Crippen LogP contribution >= 0.6 is 39.9 Å². The Labute approximate surface area is 238 Å². The highest BCUT2D eigenvalue weighted by atomic mass is 79.9. The van der Waals surface area contributed by atoms with Crippen molar-refractivity contribution in [3.63, 3.8) is 0 Å². The third-order valence-corrected chi connectivity index (χ3v) is 8.09. The van der Waals surface area contributed by atoms with Crippen molar-refractivity contribution in [1.82, 2.24) is 30.0 Å². The normalized spacial score (nSPS) is 17.3. The van der Waals surface area contributed by atoms with E-state index in [-0.39, 0.29) is 12.4 Å². The van der Waals surface area contributed by atoms with Crippen molar-refractivity contribution in [2.75, 3.05) is 81.9 Å². The van der Waals surface area contributed by atoms with E-state index in [1.807, 2.05) is 6.07 Å². The molecule has 12 heteroatoms. The summed E-state index contributed by atoms with van der Waals surface area (Å²) < 4.78 is 6.98. The van der Waals surface area contributed by atoms with Crippen molar-refractivity contribution in [3.05, 3.63) is 33.6 Å². The first kappa shape index (κ1) is 28.2. The van der Waals surface area contributed by atoms with Gasteiger partial charge in [-0.25, -0.2) is 9.97 Å². The van der Waals surface area contributed by atoms with Gasteiger partial charge in [-0.3, -0.25) is 5.10 Å². The molecule has 37 heavy (non-hydrogen) atoms. The van der Waals surface area contributed by atoms with E-state index in [1.54, 1.807) is 6.33 Å². The number of hydrogen-bond acceptors (Lipinski definition) is 8. The summed E-state index contributed by atoms with van der Waals surface area (Å²) in [5.41, 5.74) is 3.03. The summed E-state index contributed by atoms with van der Waals surface area (Å²) in [7, 11) is 0. The lowest BCUT2D eigenvalue weighted by molar-refractivity contribution is 0.130. The molecular formula is C25H35BrCl2N8O. The van der Waals surface area contributed by atoms with Crippen molar-refractivity contribution >= 4 is 62.5 Å². The summed E-state index contributed by atoms with van der Waals surface area (Å²) in [5.74, 6) is 1.79. The Balaban J connectivity index is 0.00000320. The second kappa shape index (κ2) is 12.8. The molecule has 2 saturated heterocycles. The first-order chi connectivity index (χ1) is 17.5. The Hall–Kier alpha value is -1.85. The van der Waals surface area contributed by atoms with Crippen LogP contribution < -0.4 is 14.5 Å². The quantitative estimate of drug-likeness (QED) is 0.378. The van der Waals surface area contributed by atoms with Gasteiger partial charge in [-0.2, -0.15) is 5.10 Å². The summed E-state index contributed by atoms with van der Waals surface area (Å²) in [4.78, 5) is 18.6. The Kier molecular flexibility index (Phi) is 9.74. The van der Waals surface area contributed by atoms with E-state index in [0.717, 1.165) is 97.2 Å². The van der Waals surface area contributed by atoms with Gasteiger partial charge < -0.3 is 24.3 Å². The fourth-order valence-corrected chi connectivity index (χ4v) is 5.78. The lowest BCUT2D eigenvalue weighted by Gasteiger charge is -2.37. The van der Waals surface area contributed by atoms with Crippen molar-refractivity contribution < 1.29 is 4.74 Å². The monoisotopic (exact) mass is 612 g/mol. The average Bonchev–Trinajstić information content (AvgIpc) is 3.29. The molecule has 0 saturated carbocycles. The van der Waals surface area contributed by atoms with Gasteiger partial charge in [0.25, 0.3) is 0 Å². The van der Waals surface area contributed by atoms with Crippen LogP contribution in [0.15, 0.2) is 23.1 Å². The van der Waals surface area contributed by atoms with Gasteiger partial charge >= 0.3 is 0 Å². The fraction of sp³-hybridized carbons (Fsp3) is 0.560. The van der Waals surface area contributed by atoms with E-state index >= 15 is 0 Å². The number of benzene rings is 1. The molecule has 4 heterocycles. The SMILES string of the molecule is CCN1CCN(CCCOc2cc(Cl)cc(N3CCN(c4ncnc5[nH]nc(Br)c45)CC3)c2C)CC1.Cl. The minimum Gasteiger partial charge on any atom is -0.493 e. The summed E-state index contributed by atoms with van der Waals surface area (Å²) in [6.07, 6.45) is 2.60. The predicted octanol–water partition coefficient (Wildman–Crippen LogP) is 4.23. The zero-order valence-electron chi connectivity index (χ0n) is 21.4. The molecule has 1 aromatic carbocycles. The van der Waals surface area contributed by atoms with Gasteiger partial charge in [0.2, 0.25) is 0 Å². The molecular weight excluding hydrogens is 579 g/mol. The van der Waals surface area contributed by atoms with Crippen molar-refractivity contribution in [3.8, 4) is 5.75 Å². The molecule has 9 nitrogen and oxygen atoms in total. The van der Waals surface area contributed by atoms with Gasteiger partial charge in [-0.15, -0.1) is 12.4 Å². The van der Waals surface area contributed by atoms with Crippen LogP contribution in [0, 0.1) is 6.92 Å². The van der Waals surface area contributed by atoms with Crippen LogP contribution in [0.3, 0.4) is 0 Å². The summed E-state index contributed by atoms with van der Waals surface area (Å²) >= 11 is 10.1. The van der Waals surface area contributed by atoms with Gasteiger partial charge in [-0.05, 0) is 48.0 Å². The van der Waals surface area contributed by atoms with E-state index in [0.29, 0.717) is 11.6 Å². The fourth-order valence-electron chi connectivity index (χ4n) is 5.13. The van der Waals surface area contributed by atoms with Crippen LogP contribution in [0.4, 0.5) is 11.5 Å². The number of piperazine rings is 2. The van der Waals surface area contributed by atoms with E-state index in [2.05, 4.69) is 75.6 Å². The second-order valence-corrected chi connectivity index (χ2v) is 10.6. The Morgan fingerprint density at radius 3 is 2.43 bits per heavy atom. The molecule has 0 spiro atoms. The smallest absolute Gasteiger partial charge is 0.161 e. The molecule has 2 aliphatic rings. The first-order valence-electron chi connectivity index (χ1n) is 12.8. The van der Waals surface area contributed by atoms with Gasteiger partial charge in [0.1, 0.15) is 22.5 Å². The van der Waals surface area contributed by atoms with E-state index in [1.165, 1.54) is 13.1 Å². The van der Waals surface area contributed by atoms with Gasteiger partial charge in [-0.1, -0.05) is 18.5 Å². The maximum absolute atomic E-state index is 6.54. The molecule has 2 aliphatic heterocycles. The van der Waals surface area contributed by atoms with E-state index < -0.39 is 0 Å². The number of halogens is 3. The zero-order chi connectivity index (χ0) is 25.1. The zero-order valence-corrected chi connectivity index (χ0v) is 24.6. The molecule has 0 amide bonds. The third-order valence-electron chi connectivity index (χ3n) is 7.30. The van der Waals surface area contributed by atoms with Gasteiger partial charge in [0, 0.05) is 75.2 Å². The molecule has 2 aromatic heterocycles. The number of H-pyrrole nitrogens is 1. The Morgan fingerprint density at radius 2 is 1.70 bits per heavy atom. The summed E-state index contributed by atoms with van der Waals surface area (Å²) in [5, 5.41) is 8.81. The van der Waals surface area contributed by atoms with Crippen molar-refractivity contribution in [2.24, 2.45) is 0 Å². The largest absolute Gasteiger partial charge is 0.493 e. The van der Waals surface area contributed by atoms with Gasteiger partial charge in [0.15, 0.2) is 5.65 Å². The molecule has 202 valence electrons. The molecule has 0 radical (unpaired) electrons. The lowest BCUT2D eigenvalue weighted by atomic mass is 10.1. The minimum absolute atomic E-state index is 0. The number of aromatic nitrogens is 4. The number of fused-ring (bicyclic) bond motifs is 1. The van der Waals surface area contributed by atoms with E-state index in [9.17, 15) is 0 Å². The highest BCUT2D eigenvalue weighted by Gasteiger charge is 2.24. The number of hydrogen-bond donors (Lipinski definition) is 1. The Morgan fingerprint density at radius 1 is 1.00 bits per heavy atom. The topological polar surface area (TPSA) is 76.7 Å². The number of rotatable bonds is 8. The van der Waals surface area contributed by atoms with E-state index in [4.69, 9.17) is 16.3 Å². The molecule has 0 bridgehead atoms. The number of aromatic amines is 1. The molecule has 1 N–H and O–H groups in total. The highest BCUT2D eigenvalue weighted by Crippen LogP contribution is 2.35. The average molecular weight is 614 g/mol. The maximum Gasteiger partial charge on any atom is 0.161 e. The number of anilines is 2. The van der Waals surface area contributed by atoms with Crippen LogP contribution in [0.5, 0.6) is 5.75 Å². The Bertz CT molecular complexity index is 1180.